The third-order valence-electron chi connectivity index (χ3n) is 6.01. The Morgan fingerprint density at radius 3 is 2.13 bits per heavy atom. The van der Waals surface area contributed by atoms with E-state index in [1.807, 2.05) is 30.3 Å². The summed E-state index contributed by atoms with van der Waals surface area (Å²) in [7, 11) is 3.13. The first-order valence-electron chi connectivity index (χ1n) is 10.8. The molecular weight excluding hydrogens is 392 g/mol. The number of rotatable bonds is 6. The normalized spacial score (nSPS) is 16.9. The molecule has 0 atom stereocenters. The average Bonchev–Trinajstić information content (AvgIpc) is 3.09. The first-order valence-corrected chi connectivity index (χ1v) is 10.8. The van der Waals surface area contributed by atoms with E-state index in [0.29, 0.717) is 34.0 Å². The van der Waals surface area contributed by atoms with Gasteiger partial charge in [0.1, 0.15) is 5.70 Å². The molecule has 0 unspecified atom stereocenters. The van der Waals surface area contributed by atoms with Crippen LogP contribution in [0.2, 0.25) is 0 Å². The maximum absolute atomic E-state index is 13.6. The first kappa shape index (κ1) is 21.0. The van der Waals surface area contributed by atoms with Crippen molar-refractivity contribution < 1.29 is 19.1 Å². The Bertz CT molecular complexity index is 1020. The van der Waals surface area contributed by atoms with Crippen molar-refractivity contribution in [2.45, 2.75) is 32.6 Å². The lowest BCUT2D eigenvalue weighted by atomic mass is 10.0. The molecule has 0 aliphatic carbocycles. The minimum absolute atomic E-state index is 0.263. The summed E-state index contributed by atoms with van der Waals surface area (Å²) < 4.78 is 10.8. The van der Waals surface area contributed by atoms with Gasteiger partial charge in [0.2, 0.25) is 0 Å². The van der Waals surface area contributed by atoms with Crippen molar-refractivity contribution in [1.82, 2.24) is 4.90 Å². The van der Waals surface area contributed by atoms with Gasteiger partial charge in [-0.1, -0.05) is 25.1 Å². The number of anilines is 1. The first-order chi connectivity index (χ1) is 15.1. The van der Waals surface area contributed by atoms with Crippen LogP contribution in [0, 0.1) is 0 Å². The Balaban J connectivity index is 1.82. The van der Waals surface area contributed by atoms with Crippen molar-refractivity contribution in [3.8, 4) is 11.5 Å². The number of carbonyl (C=O) groups excluding carboxylic acids is 2. The molecule has 0 aromatic heterocycles. The van der Waals surface area contributed by atoms with Gasteiger partial charge in [0.25, 0.3) is 11.8 Å². The lowest BCUT2D eigenvalue weighted by Gasteiger charge is -2.29. The number of amides is 2. The number of piperidine rings is 1. The van der Waals surface area contributed by atoms with Crippen LogP contribution in [0.5, 0.6) is 11.5 Å². The van der Waals surface area contributed by atoms with Crippen LogP contribution >= 0.6 is 0 Å². The smallest absolute Gasteiger partial charge is 0.282 e. The summed E-state index contributed by atoms with van der Waals surface area (Å²) >= 11 is 0. The summed E-state index contributed by atoms with van der Waals surface area (Å²) in [5, 5.41) is 0. The molecule has 2 heterocycles. The molecule has 2 aliphatic rings. The molecule has 0 N–H and O–H groups in total. The van der Waals surface area contributed by atoms with Crippen LogP contribution in [0.3, 0.4) is 0 Å². The molecule has 2 aromatic rings. The fourth-order valence-electron chi connectivity index (χ4n) is 4.30. The molecule has 2 aromatic carbocycles. The fourth-order valence-corrected chi connectivity index (χ4v) is 4.30. The van der Waals surface area contributed by atoms with Gasteiger partial charge in [-0.05, 0) is 61.1 Å². The van der Waals surface area contributed by atoms with Gasteiger partial charge in [-0.15, -0.1) is 0 Å². The molecule has 0 radical (unpaired) electrons. The van der Waals surface area contributed by atoms with E-state index in [1.165, 1.54) is 4.90 Å². The van der Waals surface area contributed by atoms with Gasteiger partial charge >= 0.3 is 0 Å². The van der Waals surface area contributed by atoms with Crippen LogP contribution < -0.4 is 14.4 Å². The number of carbonyl (C=O) groups is 2. The number of ether oxygens (including phenoxy) is 2. The lowest BCUT2D eigenvalue weighted by Crippen LogP contribution is -2.37. The largest absolute Gasteiger partial charge is 0.493 e. The second-order valence-electron chi connectivity index (χ2n) is 7.81. The zero-order chi connectivity index (χ0) is 22.0. The molecule has 4 rings (SSSR count). The lowest BCUT2D eigenvalue weighted by molar-refractivity contribution is -0.120. The number of likely N-dealkylation sites (tertiary alicyclic amines) is 1. The molecule has 162 valence electrons. The second-order valence-corrected chi connectivity index (χ2v) is 7.81. The van der Waals surface area contributed by atoms with E-state index < -0.39 is 0 Å². The summed E-state index contributed by atoms with van der Waals surface area (Å²) in [6, 6.07) is 13.0. The monoisotopic (exact) mass is 420 g/mol. The van der Waals surface area contributed by atoms with Crippen molar-refractivity contribution in [3.05, 3.63) is 59.3 Å². The zero-order valence-corrected chi connectivity index (χ0v) is 18.3. The second kappa shape index (κ2) is 8.84. The molecule has 2 amide bonds. The van der Waals surface area contributed by atoms with E-state index >= 15 is 0 Å². The molecule has 2 aliphatic heterocycles. The Morgan fingerprint density at radius 1 is 0.839 bits per heavy atom. The molecular formula is C25H28N2O4. The van der Waals surface area contributed by atoms with Gasteiger partial charge in [0.15, 0.2) is 11.5 Å². The number of hydrogen-bond acceptors (Lipinski definition) is 5. The summed E-state index contributed by atoms with van der Waals surface area (Å²) in [6.07, 6.45) is 4.06. The molecule has 0 saturated carbocycles. The minimum Gasteiger partial charge on any atom is -0.493 e. The summed E-state index contributed by atoms with van der Waals surface area (Å²) in [6.45, 7) is 3.62. The number of benzene rings is 2. The Kier molecular flexibility index (Phi) is 5.98. The van der Waals surface area contributed by atoms with E-state index in [2.05, 4.69) is 11.8 Å². The molecule has 1 saturated heterocycles. The molecule has 0 bridgehead atoms. The number of hydrogen-bond donors (Lipinski definition) is 0. The van der Waals surface area contributed by atoms with Crippen LogP contribution in [-0.2, 0) is 16.0 Å². The molecule has 0 spiro atoms. The Morgan fingerprint density at radius 2 is 1.52 bits per heavy atom. The number of nitrogens with zero attached hydrogens (tertiary/aromatic N) is 2. The number of aryl methyl sites for hydroxylation is 1. The van der Waals surface area contributed by atoms with Crippen LogP contribution in [0.4, 0.5) is 5.69 Å². The van der Waals surface area contributed by atoms with E-state index in [1.54, 1.807) is 26.4 Å². The van der Waals surface area contributed by atoms with Gasteiger partial charge in [-0.25, -0.2) is 4.90 Å². The van der Waals surface area contributed by atoms with Gasteiger partial charge in [-0.3, -0.25) is 9.59 Å². The van der Waals surface area contributed by atoms with Crippen molar-refractivity contribution in [2.75, 3.05) is 32.2 Å². The third kappa shape index (κ3) is 3.78. The SMILES string of the molecule is CCc1ccc(N2C(=O)C(c3ccc(OC)c(OC)c3)=C(N3CCCCC3)C2=O)cc1. The van der Waals surface area contributed by atoms with Crippen molar-refractivity contribution in [2.24, 2.45) is 0 Å². The minimum atomic E-state index is -0.304. The Hall–Kier alpha value is -3.28. The topological polar surface area (TPSA) is 59.1 Å². The highest BCUT2D eigenvalue weighted by Gasteiger charge is 2.42. The quantitative estimate of drug-likeness (QED) is 0.660. The fraction of sp³-hybridized carbons (Fsp3) is 0.360. The summed E-state index contributed by atoms with van der Waals surface area (Å²) in [5.74, 6) is 0.537. The molecule has 31 heavy (non-hydrogen) atoms. The molecule has 6 nitrogen and oxygen atoms in total. The van der Waals surface area contributed by atoms with E-state index in [0.717, 1.165) is 44.3 Å². The van der Waals surface area contributed by atoms with Gasteiger partial charge in [0.05, 0.1) is 25.5 Å². The van der Waals surface area contributed by atoms with E-state index in [4.69, 9.17) is 9.47 Å². The van der Waals surface area contributed by atoms with Gasteiger partial charge < -0.3 is 14.4 Å². The number of methoxy groups -OCH3 is 2. The predicted octanol–water partition coefficient (Wildman–Crippen LogP) is 4.04. The highest BCUT2D eigenvalue weighted by molar-refractivity contribution is 6.45. The zero-order valence-electron chi connectivity index (χ0n) is 18.3. The standard InChI is InChI=1S/C25H28N2O4/c1-4-17-8-11-19(12-9-17)27-24(28)22(18-10-13-20(30-2)21(16-18)31-3)23(25(27)29)26-14-6-5-7-15-26/h8-13,16H,4-7,14-15H2,1-3H3. The molecule has 1 fully saturated rings. The summed E-state index contributed by atoms with van der Waals surface area (Å²) in [4.78, 5) is 30.6. The van der Waals surface area contributed by atoms with Crippen LogP contribution in [0.25, 0.3) is 5.57 Å². The van der Waals surface area contributed by atoms with Crippen molar-refractivity contribution >= 4 is 23.1 Å². The maximum Gasteiger partial charge on any atom is 0.282 e. The van der Waals surface area contributed by atoms with Crippen molar-refractivity contribution in [1.29, 1.82) is 0 Å². The average molecular weight is 421 g/mol. The highest BCUT2D eigenvalue weighted by Crippen LogP contribution is 2.38. The third-order valence-corrected chi connectivity index (χ3v) is 6.01. The number of imide groups is 1. The van der Waals surface area contributed by atoms with Gasteiger partial charge in [-0.2, -0.15) is 0 Å². The van der Waals surface area contributed by atoms with Crippen LogP contribution in [0.1, 0.15) is 37.3 Å². The summed E-state index contributed by atoms with van der Waals surface area (Å²) in [5.41, 5.74) is 3.32. The predicted molar refractivity (Wildman–Crippen MR) is 120 cm³/mol. The Labute approximate surface area is 183 Å². The molecule has 6 heteroatoms. The van der Waals surface area contributed by atoms with Gasteiger partial charge in [0, 0.05) is 13.1 Å². The maximum atomic E-state index is 13.6. The van der Waals surface area contributed by atoms with Crippen molar-refractivity contribution in [3.63, 3.8) is 0 Å². The van der Waals surface area contributed by atoms with Crippen LogP contribution in [0.15, 0.2) is 48.2 Å². The van der Waals surface area contributed by atoms with E-state index in [-0.39, 0.29) is 11.8 Å². The van der Waals surface area contributed by atoms with E-state index in [9.17, 15) is 9.59 Å². The highest BCUT2D eigenvalue weighted by atomic mass is 16.5. The van der Waals surface area contributed by atoms with Crippen LogP contribution in [-0.4, -0.2) is 44.0 Å².